The smallest absolute Gasteiger partial charge is 0.286 e. The van der Waals surface area contributed by atoms with Gasteiger partial charge in [-0.25, -0.2) is 0 Å². The van der Waals surface area contributed by atoms with Gasteiger partial charge in [0.2, 0.25) is 0 Å². The van der Waals surface area contributed by atoms with Gasteiger partial charge >= 0.3 is 0 Å². The van der Waals surface area contributed by atoms with Crippen molar-refractivity contribution in [3.63, 3.8) is 0 Å². The lowest BCUT2D eigenvalue weighted by molar-refractivity contribution is -0.385. The maximum atomic E-state index is 10.9. The van der Waals surface area contributed by atoms with Crippen molar-refractivity contribution in [3.8, 4) is 11.5 Å². The van der Waals surface area contributed by atoms with Crippen LogP contribution in [0.1, 0.15) is 10.4 Å². The van der Waals surface area contributed by atoms with E-state index >= 15 is 0 Å². The predicted octanol–water partition coefficient (Wildman–Crippen LogP) is 0.408. The number of nitrogens with zero attached hydrogens (tertiary/aromatic N) is 1. The van der Waals surface area contributed by atoms with Crippen LogP contribution in [-0.2, 0) is 0 Å². The van der Waals surface area contributed by atoms with E-state index in [1.807, 2.05) is 0 Å². The number of amides is 1. The predicted molar refractivity (Wildman–Crippen MR) is 49.8 cm³/mol. The van der Waals surface area contributed by atoms with Gasteiger partial charge in [-0.15, -0.1) is 0 Å². The molecule has 0 aliphatic rings. The summed E-state index contributed by atoms with van der Waals surface area (Å²) in [4.78, 5) is 20.6. The van der Waals surface area contributed by atoms with Crippen molar-refractivity contribution in [1.29, 1.82) is 0 Å². The Labute approximate surface area is 84.2 Å². The van der Waals surface area contributed by atoms with Crippen LogP contribution in [0.4, 0.5) is 5.69 Å². The number of phenolic OH excluding ortho intramolecular Hbond substituents is 1. The number of nitrogens with two attached hydrogens (primary N) is 1. The quantitative estimate of drug-likeness (QED) is 0.555. The molecule has 1 aromatic rings. The first-order chi connectivity index (χ1) is 6.97. The first kappa shape index (κ1) is 10.8. The zero-order valence-corrected chi connectivity index (χ0v) is 7.76. The second kappa shape index (κ2) is 3.82. The van der Waals surface area contributed by atoms with E-state index in [0.717, 1.165) is 12.1 Å². The van der Waals surface area contributed by atoms with Crippen molar-refractivity contribution in [2.45, 2.75) is 0 Å². The van der Waals surface area contributed by atoms with Gasteiger partial charge in [-0.2, -0.15) is 0 Å². The zero-order chi connectivity index (χ0) is 11.6. The molecule has 80 valence electrons. The Kier molecular flexibility index (Phi) is 2.75. The minimum Gasteiger partial charge on any atom is -0.504 e. The third-order valence-electron chi connectivity index (χ3n) is 1.76. The van der Waals surface area contributed by atoms with Crippen LogP contribution in [-0.4, -0.2) is 23.0 Å². The molecule has 0 aliphatic heterocycles. The number of benzene rings is 1. The van der Waals surface area contributed by atoms with E-state index in [4.69, 9.17) is 10.5 Å². The van der Waals surface area contributed by atoms with Gasteiger partial charge in [-0.05, 0) is 0 Å². The Balaban J connectivity index is 3.45. The summed E-state index contributed by atoms with van der Waals surface area (Å²) in [6.07, 6.45) is 0. The van der Waals surface area contributed by atoms with E-state index in [-0.39, 0.29) is 11.3 Å². The molecule has 15 heavy (non-hydrogen) atoms. The number of aromatic hydroxyl groups is 1. The Bertz CT molecular complexity index is 429. The Hall–Kier alpha value is -2.31. The fourth-order valence-electron chi connectivity index (χ4n) is 1.07. The summed E-state index contributed by atoms with van der Waals surface area (Å²) in [5.74, 6) is -1.43. The maximum Gasteiger partial charge on any atom is 0.286 e. The lowest BCUT2D eigenvalue weighted by Crippen LogP contribution is -2.13. The van der Waals surface area contributed by atoms with Gasteiger partial charge in [-0.1, -0.05) is 0 Å². The molecule has 0 spiro atoms. The van der Waals surface area contributed by atoms with E-state index in [9.17, 15) is 20.0 Å². The van der Waals surface area contributed by atoms with Crippen LogP contribution in [0, 0.1) is 10.1 Å². The average molecular weight is 212 g/mol. The molecule has 0 aromatic heterocycles. The van der Waals surface area contributed by atoms with Crippen LogP contribution in [0.25, 0.3) is 0 Å². The Morgan fingerprint density at radius 1 is 1.60 bits per heavy atom. The number of methoxy groups -OCH3 is 1. The number of ether oxygens (including phenoxy) is 1. The van der Waals surface area contributed by atoms with Crippen molar-refractivity contribution in [3.05, 3.63) is 27.8 Å². The van der Waals surface area contributed by atoms with Crippen molar-refractivity contribution in [2.24, 2.45) is 5.73 Å². The molecule has 1 aromatic carbocycles. The molecular weight excluding hydrogens is 204 g/mol. The normalized spacial score (nSPS) is 9.67. The minimum absolute atomic E-state index is 0.0469. The van der Waals surface area contributed by atoms with Crippen LogP contribution in [0.3, 0.4) is 0 Å². The molecular formula is C8H8N2O5. The van der Waals surface area contributed by atoms with Crippen LogP contribution < -0.4 is 10.5 Å². The van der Waals surface area contributed by atoms with Crippen LogP contribution in [0.15, 0.2) is 12.1 Å². The monoisotopic (exact) mass is 212 g/mol. The third-order valence-corrected chi connectivity index (χ3v) is 1.76. The zero-order valence-electron chi connectivity index (χ0n) is 7.76. The summed E-state index contributed by atoms with van der Waals surface area (Å²) in [7, 11) is 1.26. The largest absolute Gasteiger partial charge is 0.504 e. The maximum absolute atomic E-state index is 10.9. The highest BCUT2D eigenvalue weighted by atomic mass is 16.6. The molecule has 1 amide bonds. The summed E-state index contributed by atoms with van der Waals surface area (Å²) in [5, 5.41) is 19.8. The number of nitro groups is 1. The SMILES string of the molecule is COc1cc(C(N)=O)c([N+](=O)[O-])cc1O. The highest BCUT2D eigenvalue weighted by molar-refractivity contribution is 5.97. The first-order valence-corrected chi connectivity index (χ1v) is 3.82. The van der Waals surface area contributed by atoms with Crippen molar-refractivity contribution in [2.75, 3.05) is 7.11 Å². The minimum atomic E-state index is -0.958. The van der Waals surface area contributed by atoms with Gasteiger partial charge in [0.1, 0.15) is 5.56 Å². The molecule has 3 N–H and O–H groups in total. The lowest BCUT2D eigenvalue weighted by Gasteiger charge is -2.05. The molecule has 0 aliphatic carbocycles. The summed E-state index contributed by atoms with van der Waals surface area (Å²) in [5.41, 5.74) is 4.08. The topological polar surface area (TPSA) is 116 Å². The summed E-state index contributed by atoms with van der Waals surface area (Å²) >= 11 is 0. The highest BCUT2D eigenvalue weighted by Crippen LogP contribution is 2.33. The second-order valence-corrected chi connectivity index (χ2v) is 2.66. The number of phenols is 1. The molecule has 0 fully saturated rings. The highest BCUT2D eigenvalue weighted by Gasteiger charge is 2.21. The molecule has 0 saturated carbocycles. The van der Waals surface area contributed by atoms with Gasteiger partial charge in [0.05, 0.1) is 18.1 Å². The van der Waals surface area contributed by atoms with Crippen LogP contribution in [0.5, 0.6) is 11.5 Å². The summed E-state index contributed by atoms with van der Waals surface area (Å²) < 4.78 is 4.69. The standard InChI is InChI=1S/C8H8N2O5/c1-15-7-2-4(8(9)12)5(10(13)14)3-6(7)11/h2-3,11H,1H3,(H2,9,12). The molecule has 7 nitrogen and oxygen atoms in total. The van der Waals surface area contributed by atoms with Crippen molar-refractivity contribution in [1.82, 2.24) is 0 Å². The van der Waals surface area contributed by atoms with E-state index in [1.54, 1.807) is 0 Å². The van der Waals surface area contributed by atoms with Gasteiger partial charge in [0.15, 0.2) is 11.5 Å². The molecule has 0 heterocycles. The van der Waals surface area contributed by atoms with Gasteiger partial charge in [-0.3, -0.25) is 14.9 Å². The molecule has 0 saturated heterocycles. The van der Waals surface area contributed by atoms with Crippen molar-refractivity contribution < 1.29 is 19.6 Å². The Morgan fingerprint density at radius 3 is 2.60 bits per heavy atom. The number of primary amides is 1. The number of hydrogen-bond acceptors (Lipinski definition) is 5. The fourth-order valence-corrected chi connectivity index (χ4v) is 1.07. The molecule has 0 unspecified atom stereocenters. The number of nitro benzene ring substituents is 1. The molecule has 0 bridgehead atoms. The van der Waals surface area contributed by atoms with E-state index in [0.29, 0.717) is 0 Å². The second-order valence-electron chi connectivity index (χ2n) is 2.66. The molecule has 1 rings (SSSR count). The average Bonchev–Trinajstić information content (AvgIpc) is 2.16. The number of hydrogen-bond donors (Lipinski definition) is 2. The summed E-state index contributed by atoms with van der Waals surface area (Å²) in [6.45, 7) is 0. The third kappa shape index (κ3) is 1.96. The number of carbonyl (C=O) groups excluding carboxylic acids is 1. The summed E-state index contributed by atoms with van der Waals surface area (Å²) in [6, 6.07) is 1.84. The van der Waals surface area contributed by atoms with Crippen LogP contribution in [0.2, 0.25) is 0 Å². The van der Waals surface area contributed by atoms with E-state index in [1.165, 1.54) is 7.11 Å². The number of carbonyl (C=O) groups is 1. The van der Waals surface area contributed by atoms with E-state index in [2.05, 4.69) is 0 Å². The van der Waals surface area contributed by atoms with E-state index < -0.39 is 22.3 Å². The van der Waals surface area contributed by atoms with Gasteiger partial charge in [0, 0.05) is 6.07 Å². The van der Waals surface area contributed by atoms with Gasteiger partial charge < -0.3 is 15.6 Å². The van der Waals surface area contributed by atoms with Gasteiger partial charge in [0.25, 0.3) is 11.6 Å². The first-order valence-electron chi connectivity index (χ1n) is 3.82. The van der Waals surface area contributed by atoms with Crippen molar-refractivity contribution >= 4 is 11.6 Å². The fraction of sp³-hybridized carbons (Fsp3) is 0.125. The molecule has 0 atom stereocenters. The lowest BCUT2D eigenvalue weighted by atomic mass is 10.1. The molecule has 0 radical (unpaired) electrons. The molecule has 7 heteroatoms. The van der Waals surface area contributed by atoms with Crippen LogP contribution >= 0.6 is 0 Å². The Morgan fingerprint density at radius 2 is 2.20 bits per heavy atom. The number of rotatable bonds is 3.